The van der Waals surface area contributed by atoms with Crippen LogP contribution in [0.15, 0.2) is 24.3 Å². The molecule has 26 heavy (non-hydrogen) atoms. The molecule has 0 fully saturated rings. The van der Waals surface area contributed by atoms with Crippen LogP contribution in [0.2, 0.25) is 5.02 Å². The number of rotatable bonds is 8. The number of hydrogen-bond donors (Lipinski definition) is 2. The summed E-state index contributed by atoms with van der Waals surface area (Å²) in [6.07, 6.45) is 0.869. The third-order valence-electron chi connectivity index (χ3n) is 3.56. The van der Waals surface area contributed by atoms with Crippen LogP contribution in [0.3, 0.4) is 0 Å². The topological polar surface area (TPSA) is 79.4 Å². The molecule has 0 radical (unpaired) electrons. The van der Waals surface area contributed by atoms with Crippen LogP contribution in [-0.2, 0) is 0 Å². The molecule has 1 heterocycles. The van der Waals surface area contributed by atoms with E-state index in [0.29, 0.717) is 40.3 Å². The Hall–Kier alpha value is -2.38. The Kier molecular flexibility index (Phi) is 7.17. The van der Waals surface area contributed by atoms with E-state index < -0.39 is 0 Å². The molecule has 2 rings (SSSR count). The number of hydrogen-bond acceptors (Lipinski definition) is 6. The van der Waals surface area contributed by atoms with Gasteiger partial charge in [-0.25, -0.2) is 9.97 Å². The second kappa shape index (κ2) is 9.35. The first-order valence-corrected chi connectivity index (χ1v) is 8.66. The van der Waals surface area contributed by atoms with E-state index in [1.165, 1.54) is 0 Å². The summed E-state index contributed by atoms with van der Waals surface area (Å²) in [7, 11) is 5.57. The summed E-state index contributed by atoms with van der Waals surface area (Å²) >= 11 is 6.05. The first kappa shape index (κ1) is 19.9. The fourth-order valence-electron chi connectivity index (χ4n) is 2.35. The predicted molar refractivity (Wildman–Crippen MR) is 104 cm³/mol. The van der Waals surface area contributed by atoms with E-state index in [2.05, 4.69) is 25.5 Å². The lowest BCUT2D eigenvalue weighted by atomic mass is 10.2. The molecule has 0 spiro atoms. The molecule has 1 amide bonds. The number of aryl methyl sites for hydroxylation is 1. The van der Waals surface area contributed by atoms with Crippen LogP contribution in [0.1, 0.15) is 22.7 Å². The maximum absolute atomic E-state index is 12.3. The molecule has 0 saturated carbocycles. The highest BCUT2D eigenvalue weighted by Gasteiger charge is 2.12. The standard InChI is InChI=1S/C18H24ClN5O2/c1-12-21-15(18(25)20-8-5-9-24(2)3)11-17(22-12)23-14-10-13(19)6-7-16(14)26-4/h6-7,10-11H,5,8-9H2,1-4H3,(H,20,25)(H,21,22,23). The number of nitrogens with one attached hydrogen (secondary N) is 2. The van der Waals surface area contributed by atoms with Gasteiger partial charge in [-0.2, -0.15) is 0 Å². The number of amides is 1. The average molecular weight is 378 g/mol. The van der Waals surface area contributed by atoms with E-state index in [0.717, 1.165) is 13.0 Å². The molecule has 0 atom stereocenters. The predicted octanol–water partition coefficient (Wildman–Crippen LogP) is 2.87. The summed E-state index contributed by atoms with van der Waals surface area (Å²) in [5.74, 6) is 1.39. The Balaban J connectivity index is 2.12. The molecule has 2 aromatic rings. The van der Waals surface area contributed by atoms with Gasteiger partial charge < -0.3 is 20.3 Å². The van der Waals surface area contributed by atoms with Crippen LogP contribution >= 0.6 is 11.6 Å². The van der Waals surface area contributed by atoms with Crippen molar-refractivity contribution in [3.63, 3.8) is 0 Å². The van der Waals surface area contributed by atoms with Crippen molar-refractivity contribution in [1.82, 2.24) is 20.2 Å². The molecule has 0 aliphatic rings. The van der Waals surface area contributed by atoms with E-state index in [1.54, 1.807) is 38.3 Å². The smallest absolute Gasteiger partial charge is 0.270 e. The highest BCUT2D eigenvalue weighted by Crippen LogP contribution is 2.30. The van der Waals surface area contributed by atoms with Crippen molar-refractivity contribution in [2.45, 2.75) is 13.3 Å². The van der Waals surface area contributed by atoms with Crippen LogP contribution in [0.25, 0.3) is 0 Å². The van der Waals surface area contributed by atoms with E-state index in [4.69, 9.17) is 16.3 Å². The van der Waals surface area contributed by atoms with Crippen LogP contribution in [0.5, 0.6) is 5.75 Å². The summed E-state index contributed by atoms with van der Waals surface area (Å²) in [5, 5.41) is 6.58. The summed E-state index contributed by atoms with van der Waals surface area (Å²) in [4.78, 5) is 23.0. The minimum Gasteiger partial charge on any atom is -0.495 e. The molecule has 1 aromatic heterocycles. The molecule has 1 aromatic carbocycles. The lowest BCUT2D eigenvalue weighted by molar-refractivity contribution is 0.0947. The van der Waals surface area contributed by atoms with Gasteiger partial charge in [0.2, 0.25) is 0 Å². The SMILES string of the molecule is COc1ccc(Cl)cc1Nc1cc(C(=O)NCCCN(C)C)nc(C)n1. The Morgan fingerprint density at radius 2 is 2.04 bits per heavy atom. The van der Waals surface area contributed by atoms with Gasteiger partial charge >= 0.3 is 0 Å². The number of benzene rings is 1. The first-order chi connectivity index (χ1) is 12.4. The van der Waals surface area contributed by atoms with E-state index in [1.807, 2.05) is 14.1 Å². The van der Waals surface area contributed by atoms with Gasteiger partial charge in [0.15, 0.2) is 0 Å². The molecule has 0 aliphatic heterocycles. The fraction of sp³-hybridized carbons (Fsp3) is 0.389. The van der Waals surface area contributed by atoms with Crippen molar-refractivity contribution in [1.29, 1.82) is 0 Å². The number of methoxy groups -OCH3 is 1. The first-order valence-electron chi connectivity index (χ1n) is 8.28. The number of carbonyl (C=O) groups excluding carboxylic acids is 1. The van der Waals surface area contributed by atoms with Crippen molar-refractivity contribution < 1.29 is 9.53 Å². The third-order valence-corrected chi connectivity index (χ3v) is 3.80. The normalized spacial score (nSPS) is 10.7. The minimum atomic E-state index is -0.227. The summed E-state index contributed by atoms with van der Waals surface area (Å²) < 4.78 is 5.32. The van der Waals surface area contributed by atoms with E-state index in [-0.39, 0.29) is 5.91 Å². The molecule has 2 N–H and O–H groups in total. The number of anilines is 2. The molecule has 0 saturated heterocycles. The summed E-state index contributed by atoms with van der Waals surface area (Å²) in [6, 6.07) is 6.84. The molecule has 0 aliphatic carbocycles. The van der Waals surface area contributed by atoms with Crippen molar-refractivity contribution in [2.75, 3.05) is 39.6 Å². The largest absolute Gasteiger partial charge is 0.495 e. The van der Waals surface area contributed by atoms with Crippen molar-refractivity contribution in [3.8, 4) is 5.75 Å². The second-order valence-corrected chi connectivity index (χ2v) is 6.50. The fourth-order valence-corrected chi connectivity index (χ4v) is 2.52. The Morgan fingerprint density at radius 3 is 2.73 bits per heavy atom. The van der Waals surface area contributed by atoms with E-state index in [9.17, 15) is 4.79 Å². The molecular weight excluding hydrogens is 354 g/mol. The highest BCUT2D eigenvalue weighted by atomic mass is 35.5. The van der Waals surface area contributed by atoms with Gasteiger partial charge in [-0.3, -0.25) is 4.79 Å². The number of halogens is 1. The van der Waals surface area contributed by atoms with E-state index >= 15 is 0 Å². The molecule has 7 nitrogen and oxygen atoms in total. The van der Waals surface area contributed by atoms with Crippen LogP contribution in [0, 0.1) is 6.92 Å². The number of nitrogens with zero attached hydrogens (tertiary/aromatic N) is 3. The van der Waals surface area contributed by atoms with Crippen LogP contribution in [0.4, 0.5) is 11.5 Å². The van der Waals surface area contributed by atoms with Gasteiger partial charge in [0.25, 0.3) is 5.91 Å². The van der Waals surface area contributed by atoms with Gasteiger partial charge in [-0.05, 0) is 52.2 Å². The third kappa shape index (κ3) is 5.86. The Labute approximate surface area is 158 Å². The van der Waals surface area contributed by atoms with Gasteiger partial charge in [0, 0.05) is 17.6 Å². The number of aromatic nitrogens is 2. The summed E-state index contributed by atoms with van der Waals surface area (Å²) in [6.45, 7) is 3.23. The molecule has 140 valence electrons. The molecule has 0 unspecified atom stereocenters. The quantitative estimate of drug-likeness (QED) is 0.688. The maximum atomic E-state index is 12.3. The van der Waals surface area contributed by atoms with Gasteiger partial charge in [-0.15, -0.1) is 0 Å². The second-order valence-electron chi connectivity index (χ2n) is 6.07. The maximum Gasteiger partial charge on any atom is 0.270 e. The lowest BCUT2D eigenvalue weighted by Gasteiger charge is -2.13. The number of carbonyl (C=O) groups is 1. The lowest BCUT2D eigenvalue weighted by Crippen LogP contribution is -2.28. The molecule has 8 heteroatoms. The zero-order valence-corrected chi connectivity index (χ0v) is 16.2. The number of ether oxygens (including phenoxy) is 1. The minimum absolute atomic E-state index is 0.227. The van der Waals surface area contributed by atoms with Crippen molar-refractivity contribution in [3.05, 3.63) is 40.8 Å². The zero-order chi connectivity index (χ0) is 19.1. The van der Waals surface area contributed by atoms with Gasteiger partial charge in [-0.1, -0.05) is 11.6 Å². The van der Waals surface area contributed by atoms with Crippen molar-refractivity contribution >= 4 is 29.0 Å². The Bertz CT molecular complexity index is 767. The van der Waals surface area contributed by atoms with Crippen LogP contribution in [-0.4, -0.2) is 55.1 Å². The van der Waals surface area contributed by atoms with Crippen molar-refractivity contribution in [2.24, 2.45) is 0 Å². The van der Waals surface area contributed by atoms with Crippen LogP contribution < -0.4 is 15.4 Å². The van der Waals surface area contributed by atoms with Gasteiger partial charge in [0.1, 0.15) is 23.1 Å². The molecule has 0 bridgehead atoms. The Morgan fingerprint density at radius 1 is 1.27 bits per heavy atom. The highest BCUT2D eigenvalue weighted by molar-refractivity contribution is 6.31. The molecular formula is C18H24ClN5O2. The monoisotopic (exact) mass is 377 g/mol. The van der Waals surface area contributed by atoms with Gasteiger partial charge in [0.05, 0.1) is 12.8 Å². The average Bonchev–Trinajstić information content (AvgIpc) is 2.58. The zero-order valence-electron chi connectivity index (χ0n) is 15.5. The summed E-state index contributed by atoms with van der Waals surface area (Å²) in [5.41, 5.74) is 0.973.